The van der Waals surface area contributed by atoms with Crippen LogP contribution in [0.15, 0.2) is 133 Å². The summed E-state index contributed by atoms with van der Waals surface area (Å²) in [6, 6.07) is 43.1. The van der Waals surface area contributed by atoms with E-state index in [0.717, 1.165) is 38.5 Å². The van der Waals surface area contributed by atoms with Gasteiger partial charge in [-0.25, -0.2) is 0 Å². The Morgan fingerprint density at radius 2 is 1.53 bits per heavy atom. The molecule has 1 fully saturated rings. The molecule has 60 heavy (non-hydrogen) atoms. The first-order valence-electron chi connectivity index (χ1n) is 20.8. The summed E-state index contributed by atoms with van der Waals surface area (Å²) in [5, 5.41) is 13.6. The summed E-state index contributed by atoms with van der Waals surface area (Å²) in [5.74, 6) is -0.0966. The van der Waals surface area contributed by atoms with Gasteiger partial charge in [-0.3, -0.25) is 24.2 Å². The van der Waals surface area contributed by atoms with Crippen LogP contribution in [0.25, 0.3) is 10.8 Å². The molecule has 0 unspecified atom stereocenters. The molecule has 10 rings (SSSR count). The van der Waals surface area contributed by atoms with Crippen molar-refractivity contribution in [1.82, 2.24) is 4.90 Å². The van der Waals surface area contributed by atoms with Crippen molar-refractivity contribution >= 4 is 64.5 Å². The number of aliphatic hydroxyl groups excluding tert-OH is 1. The molecule has 3 amide bonds. The molecule has 10 heteroatoms. The molecule has 0 aromatic heterocycles. The number of benzene rings is 6. The fourth-order valence-electron chi connectivity index (χ4n) is 10.9. The summed E-state index contributed by atoms with van der Waals surface area (Å²) in [7, 11) is -0.963. The van der Waals surface area contributed by atoms with Gasteiger partial charge in [-0.2, -0.15) is 0 Å². The van der Waals surface area contributed by atoms with Gasteiger partial charge in [0.25, 0.3) is 11.8 Å². The zero-order valence-electron chi connectivity index (χ0n) is 34.2. The number of ether oxygens (including phenoxy) is 2. The van der Waals surface area contributed by atoms with E-state index in [1.165, 1.54) is 0 Å². The minimum atomic E-state index is -2.61. The molecule has 4 heterocycles. The fraction of sp³-hybridized carbons (Fsp3) is 0.260. The number of nitrogens with zero attached hydrogens (tertiary/aromatic N) is 3. The van der Waals surface area contributed by atoms with Crippen LogP contribution >= 0.6 is 0 Å². The van der Waals surface area contributed by atoms with Crippen LogP contribution < -0.4 is 19.7 Å². The third kappa shape index (κ3) is 5.61. The summed E-state index contributed by atoms with van der Waals surface area (Å²) >= 11 is 0. The van der Waals surface area contributed by atoms with Gasteiger partial charge in [0.1, 0.15) is 5.75 Å². The second kappa shape index (κ2) is 14.3. The van der Waals surface area contributed by atoms with Gasteiger partial charge in [0, 0.05) is 34.8 Å². The Hall–Kier alpha value is -6.07. The summed E-state index contributed by atoms with van der Waals surface area (Å²) in [4.78, 5) is 50.1. The smallest absolute Gasteiger partial charge is 0.268 e. The number of fused-ring (bicyclic) bond motifs is 3. The van der Waals surface area contributed by atoms with Crippen LogP contribution in [-0.2, 0) is 32.9 Å². The van der Waals surface area contributed by atoms with Gasteiger partial charge in [0.05, 0.1) is 57.3 Å². The molecular formula is C50H47N3O6Si. The Kier molecular flexibility index (Phi) is 9.09. The normalized spacial score (nSPS) is 23.1. The van der Waals surface area contributed by atoms with Crippen LogP contribution in [0, 0.1) is 5.92 Å². The highest BCUT2D eigenvalue weighted by Crippen LogP contribution is 2.62. The molecule has 5 atom stereocenters. The Bertz CT molecular complexity index is 2700. The van der Waals surface area contributed by atoms with Crippen molar-refractivity contribution in [2.24, 2.45) is 5.92 Å². The van der Waals surface area contributed by atoms with Crippen LogP contribution in [0.1, 0.15) is 40.4 Å². The predicted octanol–water partition coefficient (Wildman–Crippen LogP) is 8.37. The van der Waals surface area contributed by atoms with E-state index in [9.17, 15) is 14.7 Å². The lowest BCUT2D eigenvalue weighted by molar-refractivity contribution is -0.150. The number of aliphatic hydroxyl groups is 1. The third-order valence-electron chi connectivity index (χ3n) is 13.8. The highest BCUT2D eigenvalue weighted by Gasteiger charge is 2.67. The van der Waals surface area contributed by atoms with Crippen LogP contribution in [0.4, 0.5) is 22.7 Å². The highest BCUT2D eigenvalue weighted by molar-refractivity contribution is 6.91. The molecule has 4 aliphatic heterocycles. The quantitative estimate of drug-likeness (QED) is 0.155. The summed E-state index contributed by atoms with van der Waals surface area (Å²) < 4.78 is 13.0. The van der Waals surface area contributed by atoms with E-state index >= 15 is 4.79 Å². The zero-order chi connectivity index (χ0) is 41.5. The largest absolute Gasteiger partial charge is 0.497 e. The fourth-order valence-corrected chi connectivity index (χ4v) is 14.9. The van der Waals surface area contributed by atoms with E-state index in [-0.39, 0.29) is 48.3 Å². The molecule has 0 saturated carbocycles. The maximum atomic E-state index is 15.7. The number of anilines is 4. The van der Waals surface area contributed by atoms with Gasteiger partial charge in [-0.1, -0.05) is 104 Å². The standard InChI is InChI=1S/C50H47N3O6Si/c1-31-47(60(3,4)39-23-21-38(58-2)22-24-39)44(28-45(55)51-29-34-13-9-8-12-33(34)26-37(51)30-54)59-50(31)41-27-36(20-25-42(41)53(49(50)57)35-16-6-5-7-17-35)52-43-19-11-15-32-14-10-18-40(46(32)43)48(52)56/h5-25,27,31,37,44,47,54H,26,28-30H2,1-4H3/t31-,37-,44+,47-,50+/m0/s1. The lowest BCUT2D eigenvalue weighted by Gasteiger charge is -2.39. The summed E-state index contributed by atoms with van der Waals surface area (Å²) in [6.45, 7) is 6.95. The topological polar surface area (TPSA) is 99.6 Å². The first kappa shape index (κ1) is 38.1. The third-order valence-corrected chi connectivity index (χ3v) is 18.2. The van der Waals surface area contributed by atoms with E-state index in [2.05, 4.69) is 38.2 Å². The Balaban J connectivity index is 1.12. The Morgan fingerprint density at radius 3 is 2.27 bits per heavy atom. The lowest BCUT2D eigenvalue weighted by atomic mass is 9.82. The molecule has 9 nitrogen and oxygen atoms in total. The molecule has 302 valence electrons. The lowest BCUT2D eigenvalue weighted by Crippen LogP contribution is -2.52. The molecule has 1 saturated heterocycles. The van der Waals surface area contributed by atoms with Crippen molar-refractivity contribution in [3.8, 4) is 5.75 Å². The van der Waals surface area contributed by atoms with Crippen molar-refractivity contribution in [2.45, 2.75) is 62.7 Å². The minimum Gasteiger partial charge on any atom is -0.497 e. The maximum absolute atomic E-state index is 15.7. The Labute approximate surface area is 350 Å². The SMILES string of the molecule is COc1ccc([Si](C)(C)[C@@H]2[C@@H](CC(=O)N3Cc4ccccc4C[C@H]3CO)O[C@]3(C(=O)N(c4ccccc4)c4ccc(N5C(=O)c6cccc7cccc5c67)cc43)[C@H]2C)cc1. The van der Waals surface area contributed by atoms with Gasteiger partial charge in [0.15, 0.2) is 5.60 Å². The first-order valence-corrected chi connectivity index (χ1v) is 23.8. The van der Waals surface area contributed by atoms with Gasteiger partial charge in [0.2, 0.25) is 5.91 Å². The molecule has 0 aliphatic carbocycles. The number of hydrogen-bond acceptors (Lipinski definition) is 6. The van der Waals surface area contributed by atoms with Crippen molar-refractivity contribution in [3.63, 3.8) is 0 Å². The highest BCUT2D eigenvalue weighted by atomic mass is 28.3. The maximum Gasteiger partial charge on any atom is 0.268 e. The zero-order valence-corrected chi connectivity index (χ0v) is 35.2. The molecule has 1 N–H and O–H groups in total. The second-order valence-electron chi connectivity index (χ2n) is 17.2. The minimum absolute atomic E-state index is 0.0393. The molecule has 6 aromatic rings. The number of para-hydroxylation sites is 1. The van der Waals surface area contributed by atoms with E-state index < -0.39 is 19.8 Å². The van der Waals surface area contributed by atoms with E-state index in [4.69, 9.17) is 9.47 Å². The molecule has 1 spiro atoms. The van der Waals surface area contributed by atoms with Crippen LogP contribution in [0.2, 0.25) is 18.6 Å². The van der Waals surface area contributed by atoms with Crippen LogP contribution in [-0.4, -0.2) is 61.7 Å². The predicted molar refractivity (Wildman–Crippen MR) is 236 cm³/mol. The number of methoxy groups -OCH3 is 1. The summed E-state index contributed by atoms with van der Waals surface area (Å²) in [6.07, 6.45) is -0.0411. The van der Waals surface area contributed by atoms with Gasteiger partial charge < -0.3 is 19.5 Å². The Morgan fingerprint density at radius 1 is 0.817 bits per heavy atom. The van der Waals surface area contributed by atoms with Gasteiger partial charge in [-0.15, -0.1) is 0 Å². The van der Waals surface area contributed by atoms with E-state index in [1.54, 1.807) is 21.8 Å². The molecule has 6 aromatic carbocycles. The van der Waals surface area contributed by atoms with Gasteiger partial charge in [-0.05, 0) is 83.1 Å². The number of hydrogen-bond donors (Lipinski definition) is 1. The van der Waals surface area contributed by atoms with Crippen LogP contribution in [0.3, 0.4) is 0 Å². The first-order chi connectivity index (χ1) is 29.1. The summed E-state index contributed by atoms with van der Waals surface area (Å²) in [5.41, 5.74) is 4.65. The average Bonchev–Trinajstić information content (AvgIpc) is 3.84. The van der Waals surface area contributed by atoms with Crippen molar-refractivity contribution in [2.75, 3.05) is 23.5 Å². The van der Waals surface area contributed by atoms with Crippen LogP contribution in [0.5, 0.6) is 5.75 Å². The van der Waals surface area contributed by atoms with Crippen molar-refractivity contribution in [3.05, 3.63) is 156 Å². The number of carbonyl (C=O) groups excluding carboxylic acids is 3. The number of amides is 3. The molecule has 0 bridgehead atoms. The van der Waals surface area contributed by atoms with Crippen molar-refractivity contribution < 1.29 is 29.0 Å². The second-order valence-corrected chi connectivity index (χ2v) is 21.9. The van der Waals surface area contributed by atoms with Crippen molar-refractivity contribution in [1.29, 1.82) is 0 Å². The molecule has 0 radical (unpaired) electrons. The van der Waals surface area contributed by atoms with Gasteiger partial charge >= 0.3 is 0 Å². The monoisotopic (exact) mass is 813 g/mol. The molecule has 4 aliphatic rings. The van der Waals surface area contributed by atoms with E-state index in [0.29, 0.717) is 41.2 Å². The molecular weight excluding hydrogens is 767 g/mol. The van der Waals surface area contributed by atoms with E-state index in [1.807, 2.05) is 115 Å². The number of carbonyl (C=O) groups is 3. The average molecular weight is 814 g/mol. The number of rotatable bonds is 8.